The molecule has 5 nitrogen and oxygen atoms in total. The Bertz CT molecular complexity index is 1060. The first-order valence-electron chi connectivity index (χ1n) is 9.51. The number of carbonyl (C=O) groups is 1. The summed E-state index contributed by atoms with van der Waals surface area (Å²) in [4.78, 5) is 12.2. The molecule has 0 spiro atoms. The number of amides is 1. The van der Waals surface area contributed by atoms with E-state index in [4.69, 9.17) is 16.7 Å². The molecular weight excluding hydrogens is 400 g/mol. The number of aromatic hydroxyl groups is 1. The van der Waals surface area contributed by atoms with Gasteiger partial charge in [0.1, 0.15) is 5.82 Å². The number of aromatic nitrogens is 2. The van der Waals surface area contributed by atoms with Crippen LogP contribution in [-0.4, -0.2) is 27.3 Å². The number of nitrogens with one attached hydrogen (secondary N) is 1. The molecule has 0 unspecified atom stereocenters. The van der Waals surface area contributed by atoms with E-state index in [9.17, 15) is 13.6 Å². The van der Waals surface area contributed by atoms with Crippen LogP contribution in [-0.2, 0) is 0 Å². The van der Waals surface area contributed by atoms with Crippen LogP contribution in [0.2, 0.25) is 5.02 Å². The van der Waals surface area contributed by atoms with Crippen LogP contribution in [0.4, 0.5) is 8.78 Å². The fraction of sp³-hybridized carbons (Fsp3) is 0.333. The third-order valence-electron chi connectivity index (χ3n) is 5.51. The van der Waals surface area contributed by atoms with Crippen LogP contribution in [0.15, 0.2) is 36.5 Å². The summed E-state index contributed by atoms with van der Waals surface area (Å²) in [6.07, 6.45) is 5.65. The minimum absolute atomic E-state index is 0.264. The summed E-state index contributed by atoms with van der Waals surface area (Å²) >= 11 is 6.04. The molecule has 1 heterocycles. The number of halogens is 3. The third kappa shape index (κ3) is 4.19. The molecule has 0 radical (unpaired) electrons. The largest absolute Gasteiger partial charge is 0.505 e. The highest BCUT2D eigenvalue weighted by Crippen LogP contribution is 2.33. The molecule has 1 saturated carbocycles. The van der Waals surface area contributed by atoms with E-state index in [1.165, 1.54) is 0 Å². The second-order valence-electron chi connectivity index (χ2n) is 7.48. The van der Waals surface area contributed by atoms with E-state index in [1.807, 2.05) is 29.1 Å². The van der Waals surface area contributed by atoms with Crippen molar-refractivity contribution < 1.29 is 18.7 Å². The second kappa shape index (κ2) is 7.99. The molecule has 152 valence electrons. The average molecular weight is 420 g/mol. The third-order valence-corrected chi connectivity index (χ3v) is 5.74. The number of nitrogens with zero attached hydrogens (tertiary/aromatic N) is 2. The first-order chi connectivity index (χ1) is 13.9. The highest BCUT2D eigenvalue weighted by Gasteiger charge is 2.24. The number of hydrogen-bond acceptors (Lipinski definition) is 3. The molecule has 0 saturated heterocycles. The van der Waals surface area contributed by atoms with Crippen LogP contribution in [0.1, 0.15) is 42.1 Å². The lowest BCUT2D eigenvalue weighted by molar-refractivity contribution is 0.0936. The van der Waals surface area contributed by atoms with Gasteiger partial charge in [-0.2, -0.15) is 5.10 Å². The quantitative estimate of drug-likeness (QED) is 0.636. The maximum atomic E-state index is 13.8. The average Bonchev–Trinajstić information content (AvgIpc) is 3.12. The molecule has 1 aromatic heterocycles. The van der Waals surface area contributed by atoms with Gasteiger partial charge in [-0.1, -0.05) is 11.6 Å². The van der Waals surface area contributed by atoms with Crippen molar-refractivity contribution in [3.05, 3.63) is 58.7 Å². The molecule has 29 heavy (non-hydrogen) atoms. The minimum Gasteiger partial charge on any atom is -0.505 e. The molecule has 4 rings (SSSR count). The van der Waals surface area contributed by atoms with Crippen LogP contribution >= 0.6 is 11.6 Å². The first kappa shape index (κ1) is 19.6. The first-order valence-corrected chi connectivity index (χ1v) is 9.89. The number of rotatable bonds is 4. The van der Waals surface area contributed by atoms with Crippen molar-refractivity contribution >= 4 is 28.4 Å². The Labute approximate surface area is 171 Å². The number of phenolic OH excluding ortho intramolecular Hbond substituents is 1. The fourth-order valence-corrected chi connectivity index (χ4v) is 4.04. The van der Waals surface area contributed by atoms with Crippen molar-refractivity contribution in [3.8, 4) is 5.75 Å². The molecule has 8 heteroatoms. The van der Waals surface area contributed by atoms with Gasteiger partial charge in [0.15, 0.2) is 11.6 Å². The predicted molar refractivity (Wildman–Crippen MR) is 106 cm³/mol. The van der Waals surface area contributed by atoms with E-state index in [0.717, 1.165) is 36.6 Å². The molecule has 1 aliphatic carbocycles. The smallest absolute Gasteiger partial charge is 0.254 e. The highest BCUT2D eigenvalue weighted by molar-refractivity contribution is 6.31. The Balaban J connectivity index is 1.33. The van der Waals surface area contributed by atoms with Crippen molar-refractivity contribution in [2.24, 2.45) is 5.92 Å². The topological polar surface area (TPSA) is 67.2 Å². The molecular formula is C21H20ClF2N3O2. The van der Waals surface area contributed by atoms with Crippen LogP contribution in [0.25, 0.3) is 10.9 Å². The summed E-state index contributed by atoms with van der Waals surface area (Å²) in [7, 11) is 0. The molecule has 0 bridgehead atoms. The maximum absolute atomic E-state index is 13.8. The van der Waals surface area contributed by atoms with Crippen LogP contribution in [0.5, 0.6) is 5.75 Å². The van der Waals surface area contributed by atoms with E-state index in [2.05, 4.69) is 10.4 Å². The molecule has 1 aliphatic rings. The van der Waals surface area contributed by atoms with E-state index in [1.54, 1.807) is 0 Å². The molecule has 2 aromatic carbocycles. The van der Waals surface area contributed by atoms with Crippen molar-refractivity contribution in [1.82, 2.24) is 15.1 Å². The zero-order valence-corrected chi connectivity index (χ0v) is 16.3. The second-order valence-corrected chi connectivity index (χ2v) is 7.92. The molecule has 1 amide bonds. The van der Waals surface area contributed by atoms with E-state index in [0.29, 0.717) is 23.7 Å². The summed E-state index contributed by atoms with van der Waals surface area (Å²) < 4.78 is 29.2. The Morgan fingerprint density at radius 3 is 2.69 bits per heavy atom. The molecule has 0 aliphatic heterocycles. The highest BCUT2D eigenvalue weighted by atomic mass is 35.5. The summed E-state index contributed by atoms with van der Waals surface area (Å²) in [6.45, 7) is 0.393. The van der Waals surface area contributed by atoms with Crippen molar-refractivity contribution in [1.29, 1.82) is 0 Å². The van der Waals surface area contributed by atoms with Gasteiger partial charge >= 0.3 is 0 Å². The van der Waals surface area contributed by atoms with Crippen molar-refractivity contribution in [3.63, 3.8) is 0 Å². The van der Waals surface area contributed by atoms with Crippen LogP contribution in [0.3, 0.4) is 0 Å². The lowest BCUT2D eigenvalue weighted by atomic mass is 9.86. The Hall–Kier alpha value is -2.67. The number of hydrogen-bond donors (Lipinski definition) is 2. The Kier molecular flexibility index (Phi) is 5.41. The van der Waals surface area contributed by atoms with Gasteiger partial charge in [-0.25, -0.2) is 8.78 Å². The summed E-state index contributed by atoms with van der Waals surface area (Å²) in [5.74, 6) is -3.20. The monoisotopic (exact) mass is 419 g/mol. The van der Waals surface area contributed by atoms with Crippen molar-refractivity contribution in [2.45, 2.75) is 31.7 Å². The zero-order valence-electron chi connectivity index (χ0n) is 15.5. The fourth-order valence-electron chi connectivity index (χ4n) is 3.86. The minimum atomic E-state index is -1.02. The number of carbonyl (C=O) groups excluding carboxylic acids is 1. The van der Waals surface area contributed by atoms with Gasteiger partial charge < -0.3 is 10.4 Å². The zero-order chi connectivity index (χ0) is 20.5. The summed E-state index contributed by atoms with van der Waals surface area (Å²) in [5, 5.41) is 18.2. The maximum Gasteiger partial charge on any atom is 0.254 e. The van der Waals surface area contributed by atoms with Gasteiger partial charge in [-0.15, -0.1) is 0 Å². The van der Waals surface area contributed by atoms with E-state index < -0.39 is 28.9 Å². The summed E-state index contributed by atoms with van der Waals surface area (Å²) in [5.41, 5.74) is 0.503. The molecule has 0 atom stereocenters. The van der Waals surface area contributed by atoms with Gasteiger partial charge in [-0.3, -0.25) is 9.48 Å². The number of phenols is 1. The normalized spacial score (nSPS) is 19.4. The molecule has 2 N–H and O–H groups in total. The van der Waals surface area contributed by atoms with Crippen LogP contribution < -0.4 is 5.32 Å². The summed E-state index contributed by atoms with van der Waals surface area (Å²) in [6, 6.07) is 7.23. The van der Waals surface area contributed by atoms with Gasteiger partial charge in [-0.05, 0) is 55.9 Å². The molecule has 1 fully saturated rings. The van der Waals surface area contributed by atoms with Gasteiger partial charge in [0.25, 0.3) is 5.91 Å². The Morgan fingerprint density at radius 1 is 1.17 bits per heavy atom. The van der Waals surface area contributed by atoms with Crippen LogP contribution in [0, 0.1) is 17.6 Å². The lowest BCUT2D eigenvalue weighted by Gasteiger charge is -2.28. The van der Waals surface area contributed by atoms with Gasteiger partial charge in [0, 0.05) is 29.2 Å². The Morgan fingerprint density at radius 2 is 1.93 bits per heavy atom. The standard InChI is InChI=1S/C21H20ClF2N3O2/c22-14-3-6-19-13(7-14)11-27(26-19)15-4-1-12(2-5-15)10-25-21(29)16-8-18(24)20(28)9-17(16)23/h3,6-9,11-12,15,28H,1-2,4-5,10H2,(H,25,29). The van der Waals surface area contributed by atoms with Crippen molar-refractivity contribution in [2.75, 3.05) is 6.54 Å². The number of fused-ring (bicyclic) bond motifs is 1. The van der Waals surface area contributed by atoms with Gasteiger partial charge in [0.05, 0.1) is 17.1 Å². The lowest BCUT2D eigenvalue weighted by Crippen LogP contribution is -2.32. The molecule has 3 aromatic rings. The van der Waals surface area contributed by atoms with E-state index in [-0.39, 0.29) is 12.0 Å². The SMILES string of the molecule is O=C(NCC1CCC(n2cc3cc(Cl)ccc3n2)CC1)c1cc(F)c(O)cc1F. The van der Waals surface area contributed by atoms with Gasteiger partial charge in [0.2, 0.25) is 0 Å². The van der Waals surface area contributed by atoms with E-state index >= 15 is 0 Å². The number of benzene rings is 2. The predicted octanol–water partition coefficient (Wildman–Crippen LogP) is 4.83.